The molecule has 2 fully saturated rings. The summed E-state index contributed by atoms with van der Waals surface area (Å²) in [7, 11) is 1.80. The van der Waals surface area contributed by atoms with Gasteiger partial charge in [-0.15, -0.1) is 0 Å². The van der Waals surface area contributed by atoms with Crippen molar-refractivity contribution < 1.29 is 4.74 Å². The minimum Gasteiger partial charge on any atom is -0.497 e. The molecule has 24 heavy (non-hydrogen) atoms. The predicted octanol–water partition coefficient (Wildman–Crippen LogP) is 4.80. The second-order valence-corrected chi connectivity index (χ2v) is 8.77. The molecule has 0 amide bonds. The van der Waals surface area contributed by atoms with Crippen molar-refractivity contribution in [3.8, 4) is 5.75 Å². The van der Waals surface area contributed by atoms with E-state index in [1.54, 1.807) is 18.2 Å². The monoisotopic (exact) mass is 327 g/mol. The lowest BCUT2D eigenvalue weighted by molar-refractivity contribution is -0.0130. The molecule has 1 aliphatic heterocycles. The summed E-state index contributed by atoms with van der Waals surface area (Å²) in [4.78, 5) is 2.85. The summed E-state index contributed by atoms with van der Waals surface area (Å²) in [6.07, 6.45) is 9.61. The molecule has 1 aromatic rings. The highest BCUT2D eigenvalue weighted by Gasteiger charge is 2.53. The quantitative estimate of drug-likeness (QED) is 0.787. The lowest BCUT2D eigenvalue weighted by Gasteiger charge is -2.59. The molecule has 2 bridgehead atoms. The van der Waals surface area contributed by atoms with Crippen molar-refractivity contribution in [1.82, 2.24) is 4.90 Å². The topological polar surface area (TPSA) is 12.5 Å². The third kappa shape index (κ3) is 2.58. The Bertz CT molecular complexity index is 596. The van der Waals surface area contributed by atoms with E-state index in [1.807, 2.05) is 0 Å². The lowest BCUT2D eigenvalue weighted by atomic mass is 9.52. The van der Waals surface area contributed by atoms with E-state index in [-0.39, 0.29) is 0 Å². The maximum atomic E-state index is 5.57. The fraction of sp³-hybridized carbons (Fsp3) is 0.727. The van der Waals surface area contributed by atoms with Gasteiger partial charge in [-0.3, -0.25) is 4.90 Å². The van der Waals surface area contributed by atoms with E-state index in [1.165, 1.54) is 58.0 Å². The Morgan fingerprint density at radius 3 is 2.92 bits per heavy atom. The molecule has 0 aromatic heterocycles. The molecule has 132 valence electrons. The van der Waals surface area contributed by atoms with Crippen LogP contribution < -0.4 is 4.74 Å². The van der Waals surface area contributed by atoms with Crippen LogP contribution in [0.2, 0.25) is 0 Å². The van der Waals surface area contributed by atoms with Crippen molar-refractivity contribution in [2.24, 2.45) is 11.8 Å². The van der Waals surface area contributed by atoms with Crippen molar-refractivity contribution >= 4 is 0 Å². The number of rotatable bonds is 4. The molecule has 1 saturated heterocycles. The van der Waals surface area contributed by atoms with Gasteiger partial charge < -0.3 is 4.74 Å². The number of hydrogen-bond acceptors (Lipinski definition) is 2. The van der Waals surface area contributed by atoms with E-state index in [2.05, 4.69) is 36.9 Å². The molecule has 4 rings (SSSR count). The van der Waals surface area contributed by atoms with Gasteiger partial charge in [-0.2, -0.15) is 0 Å². The van der Waals surface area contributed by atoms with Crippen LogP contribution in [0.5, 0.6) is 5.75 Å². The van der Waals surface area contributed by atoms with Gasteiger partial charge in [0.05, 0.1) is 7.11 Å². The third-order valence-electron chi connectivity index (χ3n) is 7.15. The Kier molecular flexibility index (Phi) is 4.36. The summed E-state index contributed by atoms with van der Waals surface area (Å²) >= 11 is 0. The smallest absolute Gasteiger partial charge is 0.119 e. The molecule has 2 aliphatic carbocycles. The second-order valence-electron chi connectivity index (χ2n) is 8.77. The molecular weight excluding hydrogens is 294 g/mol. The highest BCUT2D eigenvalue weighted by molar-refractivity contribution is 5.45. The highest BCUT2D eigenvalue weighted by atomic mass is 16.5. The number of methoxy groups -OCH3 is 1. The zero-order valence-electron chi connectivity index (χ0n) is 15.7. The maximum absolute atomic E-state index is 5.57. The zero-order chi connectivity index (χ0) is 16.7. The molecule has 0 unspecified atom stereocenters. The van der Waals surface area contributed by atoms with Gasteiger partial charge in [0.2, 0.25) is 0 Å². The van der Waals surface area contributed by atoms with Crippen LogP contribution >= 0.6 is 0 Å². The van der Waals surface area contributed by atoms with Crippen LogP contribution in [0.3, 0.4) is 0 Å². The molecule has 1 aromatic carbocycles. The Morgan fingerprint density at radius 1 is 1.25 bits per heavy atom. The number of nitrogens with zero attached hydrogens (tertiary/aromatic N) is 1. The van der Waals surface area contributed by atoms with E-state index in [4.69, 9.17) is 4.74 Å². The van der Waals surface area contributed by atoms with Gasteiger partial charge in [-0.1, -0.05) is 32.8 Å². The largest absolute Gasteiger partial charge is 0.497 e. The van der Waals surface area contributed by atoms with E-state index >= 15 is 0 Å². The average molecular weight is 328 g/mol. The fourth-order valence-electron chi connectivity index (χ4n) is 5.89. The molecule has 1 saturated carbocycles. The van der Waals surface area contributed by atoms with Crippen LogP contribution in [0.4, 0.5) is 0 Å². The minimum atomic E-state index is 0.444. The van der Waals surface area contributed by atoms with E-state index in [0.29, 0.717) is 5.41 Å². The normalized spacial score (nSPS) is 32.3. The number of hydrogen-bond donors (Lipinski definition) is 0. The van der Waals surface area contributed by atoms with Crippen LogP contribution in [-0.2, 0) is 11.8 Å². The van der Waals surface area contributed by atoms with Gasteiger partial charge >= 0.3 is 0 Å². The number of likely N-dealkylation sites (tertiary alicyclic amines) is 1. The van der Waals surface area contributed by atoms with Gasteiger partial charge in [0.1, 0.15) is 5.75 Å². The lowest BCUT2D eigenvalue weighted by Crippen LogP contribution is -2.61. The summed E-state index contributed by atoms with van der Waals surface area (Å²) in [6.45, 7) is 7.31. The standard InChI is InChI=1S/C22H33NO/c1-16(2)9-12-23-13-11-22-10-5-4-6-19(22)21(23)14-17-7-8-18(24-3)15-20(17)22/h7-8,15-16,19,21H,4-6,9-14H2,1-3H3/t19-,21-,22-/m0/s1. The predicted molar refractivity (Wildman–Crippen MR) is 99.8 cm³/mol. The van der Waals surface area contributed by atoms with Gasteiger partial charge in [-0.25, -0.2) is 0 Å². The van der Waals surface area contributed by atoms with Gasteiger partial charge in [0, 0.05) is 11.5 Å². The van der Waals surface area contributed by atoms with Crippen molar-refractivity contribution in [3.63, 3.8) is 0 Å². The third-order valence-corrected chi connectivity index (χ3v) is 7.15. The maximum Gasteiger partial charge on any atom is 0.119 e. The van der Waals surface area contributed by atoms with Crippen LogP contribution in [0.1, 0.15) is 63.5 Å². The first-order chi connectivity index (χ1) is 11.6. The minimum absolute atomic E-state index is 0.444. The molecular formula is C22H33NO. The highest BCUT2D eigenvalue weighted by Crippen LogP contribution is 2.56. The summed E-state index contributed by atoms with van der Waals surface area (Å²) < 4.78 is 5.57. The fourth-order valence-corrected chi connectivity index (χ4v) is 5.89. The number of piperidine rings is 1. The van der Waals surface area contributed by atoms with Crippen LogP contribution in [-0.4, -0.2) is 31.1 Å². The summed E-state index contributed by atoms with van der Waals surface area (Å²) in [6, 6.07) is 7.69. The van der Waals surface area contributed by atoms with Crippen molar-refractivity contribution in [2.45, 2.75) is 70.3 Å². The van der Waals surface area contributed by atoms with E-state index in [0.717, 1.165) is 23.6 Å². The molecule has 0 spiro atoms. The van der Waals surface area contributed by atoms with Crippen molar-refractivity contribution in [3.05, 3.63) is 29.3 Å². The Balaban J connectivity index is 1.70. The van der Waals surface area contributed by atoms with Gasteiger partial charge in [-0.05, 0) is 80.3 Å². The summed E-state index contributed by atoms with van der Waals surface area (Å²) in [5.74, 6) is 2.73. The Labute approximate surface area is 147 Å². The molecule has 0 radical (unpaired) electrons. The van der Waals surface area contributed by atoms with Crippen LogP contribution in [0.25, 0.3) is 0 Å². The summed E-state index contributed by atoms with van der Waals surface area (Å²) in [5, 5.41) is 0. The van der Waals surface area contributed by atoms with E-state index < -0.39 is 0 Å². The van der Waals surface area contributed by atoms with Crippen LogP contribution in [0, 0.1) is 11.8 Å². The number of ether oxygens (including phenoxy) is 1. The van der Waals surface area contributed by atoms with Crippen LogP contribution in [0.15, 0.2) is 18.2 Å². The molecule has 1 heterocycles. The molecule has 0 N–H and O–H groups in total. The van der Waals surface area contributed by atoms with Gasteiger partial charge in [0.15, 0.2) is 0 Å². The Morgan fingerprint density at radius 2 is 2.12 bits per heavy atom. The first-order valence-corrected chi connectivity index (χ1v) is 10.1. The van der Waals surface area contributed by atoms with Crippen molar-refractivity contribution in [1.29, 1.82) is 0 Å². The van der Waals surface area contributed by atoms with Crippen molar-refractivity contribution in [2.75, 3.05) is 20.2 Å². The zero-order valence-corrected chi connectivity index (χ0v) is 15.7. The first kappa shape index (κ1) is 16.4. The molecule has 2 heteroatoms. The second kappa shape index (κ2) is 6.37. The SMILES string of the molecule is COc1ccc2c(c1)[C@]13CCCC[C@H]1[C@H](C2)N(CCC(C)C)CC3. The molecule has 3 atom stereocenters. The first-order valence-electron chi connectivity index (χ1n) is 10.1. The number of benzene rings is 1. The molecule has 3 aliphatic rings. The van der Waals surface area contributed by atoms with E-state index in [9.17, 15) is 0 Å². The Hall–Kier alpha value is -1.02. The summed E-state index contributed by atoms with van der Waals surface area (Å²) in [5.41, 5.74) is 3.69. The molecule has 2 nitrogen and oxygen atoms in total. The number of fused-ring (bicyclic) bond motifs is 1. The van der Waals surface area contributed by atoms with Gasteiger partial charge in [0.25, 0.3) is 0 Å². The average Bonchev–Trinajstić information content (AvgIpc) is 2.60.